The maximum atomic E-state index is 12.5. The Morgan fingerprint density at radius 1 is 0.917 bits per heavy atom. The first-order valence-corrected chi connectivity index (χ1v) is 7.72. The van der Waals surface area contributed by atoms with Gasteiger partial charge in [0.15, 0.2) is 0 Å². The molecule has 0 saturated carbocycles. The van der Waals surface area contributed by atoms with Crippen LogP contribution in [0, 0.1) is 0 Å². The Morgan fingerprint density at radius 3 is 2.04 bits per heavy atom. The smallest absolute Gasteiger partial charge is 0.258 e. The third kappa shape index (κ3) is 3.01. The summed E-state index contributed by atoms with van der Waals surface area (Å²) in [6.07, 6.45) is 1.59. The summed E-state index contributed by atoms with van der Waals surface area (Å²) in [5, 5.41) is 8.79. The van der Waals surface area contributed by atoms with Gasteiger partial charge >= 0.3 is 0 Å². The van der Waals surface area contributed by atoms with E-state index in [0.29, 0.717) is 0 Å². The molecule has 0 atom stereocenters. The molecule has 5 nitrogen and oxygen atoms in total. The van der Waals surface area contributed by atoms with E-state index in [1.54, 1.807) is 13.0 Å². The van der Waals surface area contributed by atoms with Gasteiger partial charge in [0.2, 0.25) is 0 Å². The lowest BCUT2D eigenvalue weighted by Gasteiger charge is -2.36. The van der Waals surface area contributed by atoms with Crippen LogP contribution in [0.25, 0.3) is 6.08 Å². The average molecular weight is 321 g/mol. The second kappa shape index (κ2) is 6.20. The quantitative estimate of drug-likeness (QED) is 0.600. The van der Waals surface area contributed by atoms with Gasteiger partial charge in [0, 0.05) is 12.7 Å². The van der Waals surface area contributed by atoms with E-state index in [0.717, 1.165) is 16.8 Å². The highest BCUT2D eigenvalue weighted by Crippen LogP contribution is 2.23. The summed E-state index contributed by atoms with van der Waals surface area (Å²) in [5.41, 5.74) is 1.76. The number of benzene rings is 2. The molecule has 0 unspecified atom stereocenters. The molecule has 0 radical (unpaired) electrons. The number of hydrogen-bond acceptors (Lipinski definition) is 3. The van der Waals surface area contributed by atoms with Gasteiger partial charge in [0.1, 0.15) is 11.2 Å². The summed E-state index contributed by atoms with van der Waals surface area (Å²) in [4.78, 5) is 24.9. The Kier molecular flexibility index (Phi) is 4.08. The van der Waals surface area contributed by atoms with Crippen LogP contribution in [0.1, 0.15) is 18.1 Å². The van der Waals surface area contributed by atoms with Gasteiger partial charge < -0.3 is 16.0 Å². The fourth-order valence-electron chi connectivity index (χ4n) is 2.68. The predicted molar refractivity (Wildman–Crippen MR) is 94.0 cm³/mol. The van der Waals surface area contributed by atoms with Gasteiger partial charge in [-0.15, -0.1) is 0 Å². The van der Waals surface area contributed by atoms with E-state index < -0.39 is 5.66 Å². The normalized spacial score (nSPS) is 20.2. The van der Waals surface area contributed by atoms with Crippen molar-refractivity contribution in [2.24, 2.45) is 0 Å². The molecule has 0 aromatic heterocycles. The third-order valence-corrected chi connectivity index (χ3v) is 4.08. The molecule has 0 bridgehead atoms. The van der Waals surface area contributed by atoms with Gasteiger partial charge in [-0.3, -0.25) is 9.59 Å². The van der Waals surface area contributed by atoms with Gasteiger partial charge in [0.05, 0.1) is 0 Å². The maximum Gasteiger partial charge on any atom is 0.258 e. The Bertz CT molecular complexity index is 775. The Hall–Kier alpha value is -3.08. The van der Waals surface area contributed by atoms with Crippen molar-refractivity contribution >= 4 is 23.6 Å². The molecule has 2 aromatic rings. The molecule has 2 aromatic carbocycles. The van der Waals surface area contributed by atoms with E-state index >= 15 is 0 Å². The SMILES string of the molecule is CNc1ccc(C=C2C(=O)NC(C)(c3ccccc3)NC2=O)cc1. The van der Waals surface area contributed by atoms with E-state index in [1.165, 1.54) is 0 Å². The van der Waals surface area contributed by atoms with Crippen LogP contribution in [0.3, 0.4) is 0 Å². The van der Waals surface area contributed by atoms with Crippen molar-refractivity contribution in [1.82, 2.24) is 10.6 Å². The first-order chi connectivity index (χ1) is 11.5. The monoisotopic (exact) mass is 321 g/mol. The summed E-state index contributed by atoms with van der Waals surface area (Å²) in [5.74, 6) is -0.773. The first-order valence-electron chi connectivity index (χ1n) is 7.72. The average Bonchev–Trinajstić information content (AvgIpc) is 2.59. The molecule has 1 fully saturated rings. The molecule has 2 amide bonds. The van der Waals surface area contributed by atoms with Gasteiger partial charge in [0.25, 0.3) is 11.8 Å². The van der Waals surface area contributed by atoms with Crippen LogP contribution in [-0.4, -0.2) is 18.9 Å². The number of hydrogen-bond donors (Lipinski definition) is 3. The zero-order valence-corrected chi connectivity index (χ0v) is 13.6. The van der Waals surface area contributed by atoms with Crippen molar-refractivity contribution in [3.8, 4) is 0 Å². The fourth-order valence-corrected chi connectivity index (χ4v) is 2.68. The minimum atomic E-state index is -0.914. The molecule has 0 spiro atoms. The number of carbonyl (C=O) groups is 2. The van der Waals surface area contributed by atoms with Crippen molar-refractivity contribution in [3.05, 3.63) is 71.3 Å². The fraction of sp³-hybridized carbons (Fsp3) is 0.158. The molecule has 0 aliphatic carbocycles. The van der Waals surface area contributed by atoms with Crippen LogP contribution in [0.15, 0.2) is 60.2 Å². The van der Waals surface area contributed by atoms with Crippen molar-refractivity contribution < 1.29 is 9.59 Å². The molecule has 1 saturated heterocycles. The van der Waals surface area contributed by atoms with Crippen LogP contribution in [0.2, 0.25) is 0 Å². The van der Waals surface area contributed by atoms with Crippen molar-refractivity contribution in [2.75, 3.05) is 12.4 Å². The zero-order valence-electron chi connectivity index (χ0n) is 13.6. The molecule has 1 aliphatic heterocycles. The van der Waals surface area contributed by atoms with E-state index in [9.17, 15) is 9.59 Å². The van der Waals surface area contributed by atoms with Gasteiger partial charge in [-0.2, -0.15) is 0 Å². The Labute approximate surface area is 140 Å². The zero-order chi connectivity index (χ0) is 17.2. The molecule has 3 N–H and O–H groups in total. The molecule has 5 heteroatoms. The van der Waals surface area contributed by atoms with Gasteiger partial charge in [-0.25, -0.2) is 0 Å². The molecule has 1 heterocycles. The molecule has 3 rings (SSSR count). The maximum absolute atomic E-state index is 12.5. The topological polar surface area (TPSA) is 70.2 Å². The number of rotatable bonds is 3. The lowest BCUT2D eigenvalue weighted by molar-refractivity contribution is -0.130. The van der Waals surface area contributed by atoms with Crippen molar-refractivity contribution in [2.45, 2.75) is 12.6 Å². The summed E-state index contributed by atoms with van der Waals surface area (Å²) >= 11 is 0. The number of amides is 2. The third-order valence-electron chi connectivity index (χ3n) is 4.08. The van der Waals surface area contributed by atoms with Crippen LogP contribution < -0.4 is 16.0 Å². The lowest BCUT2D eigenvalue weighted by Crippen LogP contribution is -2.62. The van der Waals surface area contributed by atoms with E-state index in [1.807, 2.05) is 61.6 Å². The number of carbonyl (C=O) groups excluding carboxylic acids is 2. The molecule has 122 valence electrons. The van der Waals surface area contributed by atoms with Crippen LogP contribution in [-0.2, 0) is 15.3 Å². The minimum Gasteiger partial charge on any atom is -0.388 e. The largest absolute Gasteiger partial charge is 0.388 e. The second-order valence-corrected chi connectivity index (χ2v) is 5.83. The second-order valence-electron chi connectivity index (χ2n) is 5.83. The number of anilines is 1. The van der Waals surface area contributed by atoms with Crippen LogP contribution in [0.5, 0.6) is 0 Å². The molecular formula is C19H19N3O2. The predicted octanol–water partition coefficient (Wildman–Crippen LogP) is 2.23. The first kappa shape index (κ1) is 15.8. The summed E-state index contributed by atoms with van der Waals surface area (Å²) in [7, 11) is 1.83. The van der Waals surface area contributed by atoms with Gasteiger partial charge in [-0.05, 0) is 36.3 Å². The standard InChI is InChI=1S/C19H19N3O2/c1-19(14-6-4-3-5-7-14)21-17(23)16(18(24)22-19)12-13-8-10-15(20-2)11-9-13/h3-12,20H,1-2H3,(H,21,23)(H,22,24). The minimum absolute atomic E-state index is 0.0978. The van der Waals surface area contributed by atoms with Crippen LogP contribution in [0.4, 0.5) is 5.69 Å². The lowest BCUT2D eigenvalue weighted by atomic mass is 9.96. The molecule has 1 aliphatic rings. The summed E-state index contributed by atoms with van der Waals surface area (Å²) < 4.78 is 0. The number of nitrogens with one attached hydrogen (secondary N) is 3. The molecular weight excluding hydrogens is 302 g/mol. The van der Waals surface area contributed by atoms with Gasteiger partial charge in [-0.1, -0.05) is 42.5 Å². The van der Waals surface area contributed by atoms with Crippen molar-refractivity contribution in [1.29, 1.82) is 0 Å². The van der Waals surface area contributed by atoms with Crippen molar-refractivity contribution in [3.63, 3.8) is 0 Å². The van der Waals surface area contributed by atoms with E-state index in [2.05, 4.69) is 16.0 Å². The van der Waals surface area contributed by atoms with Crippen LogP contribution >= 0.6 is 0 Å². The highest BCUT2D eigenvalue weighted by Gasteiger charge is 2.38. The Balaban J connectivity index is 1.87. The highest BCUT2D eigenvalue weighted by atomic mass is 16.2. The Morgan fingerprint density at radius 2 is 1.50 bits per heavy atom. The van der Waals surface area contributed by atoms with E-state index in [-0.39, 0.29) is 17.4 Å². The summed E-state index contributed by atoms with van der Waals surface area (Å²) in [6.45, 7) is 1.77. The summed E-state index contributed by atoms with van der Waals surface area (Å²) in [6, 6.07) is 16.8. The highest BCUT2D eigenvalue weighted by molar-refractivity contribution is 6.23. The van der Waals surface area contributed by atoms with E-state index in [4.69, 9.17) is 0 Å². The molecule has 24 heavy (non-hydrogen) atoms.